The standard InChI is InChI=1S/C13H21N5/c1-4-17-10-13(8-16-17)12(3)14-5-6-18-9-11(2)7-15-18/h7-10,12,14H,4-6H2,1-3H3. The summed E-state index contributed by atoms with van der Waals surface area (Å²) >= 11 is 0. The molecule has 1 unspecified atom stereocenters. The van der Waals surface area contributed by atoms with Gasteiger partial charge in [-0.05, 0) is 26.3 Å². The van der Waals surface area contributed by atoms with E-state index in [0.717, 1.165) is 19.6 Å². The zero-order valence-corrected chi connectivity index (χ0v) is 11.3. The lowest BCUT2D eigenvalue weighted by Gasteiger charge is -2.11. The van der Waals surface area contributed by atoms with Gasteiger partial charge in [0.1, 0.15) is 0 Å². The van der Waals surface area contributed by atoms with Crippen molar-refractivity contribution in [3.8, 4) is 0 Å². The molecule has 0 radical (unpaired) electrons. The van der Waals surface area contributed by atoms with Crippen molar-refractivity contribution < 1.29 is 0 Å². The first-order valence-electron chi connectivity index (χ1n) is 6.44. The van der Waals surface area contributed by atoms with E-state index >= 15 is 0 Å². The van der Waals surface area contributed by atoms with Crippen molar-refractivity contribution in [3.05, 3.63) is 35.9 Å². The van der Waals surface area contributed by atoms with Crippen LogP contribution in [0.1, 0.15) is 31.0 Å². The Balaban J connectivity index is 1.79. The zero-order valence-electron chi connectivity index (χ0n) is 11.3. The predicted molar refractivity (Wildman–Crippen MR) is 71.3 cm³/mol. The number of nitrogens with one attached hydrogen (secondary N) is 1. The number of aromatic nitrogens is 4. The molecule has 0 saturated carbocycles. The molecule has 1 N–H and O–H groups in total. The van der Waals surface area contributed by atoms with E-state index in [0.29, 0.717) is 6.04 Å². The fourth-order valence-corrected chi connectivity index (χ4v) is 1.88. The van der Waals surface area contributed by atoms with Crippen LogP contribution >= 0.6 is 0 Å². The van der Waals surface area contributed by atoms with Gasteiger partial charge in [0.05, 0.1) is 18.9 Å². The minimum absolute atomic E-state index is 0.321. The number of aryl methyl sites for hydroxylation is 2. The molecule has 1 atom stereocenters. The second-order valence-electron chi connectivity index (χ2n) is 4.59. The van der Waals surface area contributed by atoms with Gasteiger partial charge in [-0.2, -0.15) is 10.2 Å². The van der Waals surface area contributed by atoms with E-state index in [1.165, 1.54) is 11.1 Å². The molecule has 0 fully saturated rings. The molecule has 0 bridgehead atoms. The lowest BCUT2D eigenvalue weighted by atomic mass is 10.2. The summed E-state index contributed by atoms with van der Waals surface area (Å²) in [6.07, 6.45) is 7.96. The SMILES string of the molecule is CCn1cc(C(C)NCCn2cc(C)cn2)cn1. The summed E-state index contributed by atoms with van der Waals surface area (Å²) < 4.78 is 3.91. The fraction of sp³-hybridized carbons (Fsp3) is 0.538. The van der Waals surface area contributed by atoms with Gasteiger partial charge in [-0.3, -0.25) is 9.36 Å². The lowest BCUT2D eigenvalue weighted by Crippen LogP contribution is -2.23. The van der Waals surface area contributed by atoms with Crippen molar-refractivity contribution in [1.29, 1.82) is 0 Å². The van der Waals surface area contributed by atoms with Gasteiger partial charge in [-0.1, -0.05) is 0 Å². The van der Waals surface area contributed by atoms with Crippen LogP contribution in [0.3, 0.4) is 0 Å². The highest BCUT2D eigenvalue weighted by atomic mass is 15.3. The van der Waals surface area contributed by atoms with Crippen molar-refractivity contribution in [2.75, 3.05) is 6.54 Å². The van der Waals surface area contributed by atoms with Gasteiger partial charge in [0.15, 0.2) is 0 Å². The molecule has 0 saturated heterocycles. The summed E-state index contributed by atoms with van der Waals surface area (Å²) in [7, 11) is 0. The molecule has 0 aromatic carbocycles. The first-order valence-corrected chi connectivity index (χ1v) is 6.44. The molecular weight excluding hydrogens is 226 g/mol. The van der Waals surface area contributed by atoms with Crippen molar-refractivity contribution in [2.45, 2.75) is 39.9 Å². The van der Waals surface area contributed by atoms with E-state index in [-0.39, 0.29) is 0 Å². The molecule has 2 aromatic heterocycles. The van der Waals surface area contributed by atoms with Crippen LogP contribution < -0.4 is 5.32 Å². The molecule has 18 heavy (non-hydrogen) atoms. The molecule has 0 aliphatic carbocycles. The topological polar surface area (TPSA) is 47.7 Å². The number of rotatable bonds is 6. The summed E-state index contributed by atoms with van der Waals surface area (Å²) in [5.41, 5.74) is 2.43. The molecular formula is C13H21N5. The molecule has 5 heteroatoms. The van der Waals surface area contributed by atoms with E-state index < -0.39 is 0 Å². The summed E-state index contributed by atoms with van der Waals surface area (Å²) in [6, 6.07) is 0.321. The third kappa shape index (κ3) is 3.20. The highest BCUT2D eigenvalue weighted by molar-refractivity contribution is 5.09. The Hall–Kier alpha value is -1.62. The molecule has 0 aliphatic rings. The summed E-state index contributed by atoms with van der Waals surface area (Å²) in [5.74, 6) is 0. The van der Waals surface area contributed by atoms with Gasteiger partial charge in [0, 0.05) is 37.1 Å². The second-order valence-corrected chi connectivity index (χ2v) is 4.59. The van der Waals surface area contributed by atoms with E-state index in [2.05, 4.69) is 48.7 Å². The summed E-state index contributed by atoms with van der Waals surface area (Å²) in [5, 5.41) is 12.0. The average molecular weight is 247 g/mol. The van der Waals surface area contributed by atoms with Gasteiger partial charge in [0.2, 0.25) is 0 Å². The molecule has 98 valence electrons. The van der Waals surface area contributed by atoms with Crippen LogP contribution in [0.2, 0.25) is 0 Å². The quantitative estimate of drug-likeness (QED) is 0.846. The smallest absolute Gasteiger partial charge is 0.0537 e. The summed E-state index contributed by atoms with van der Waals surface area (Å²) in [4.78, 5) is 0. The maximum Gasteiger partial charge on any atom is 0.0537 e. The minimum atomic E-state index is 0.321. The predicted octanol–water partition coefficient (Wildman–Crippen LogP) is 1.76. The molecule has 0 amide bonds. The first-order chi connectivity index (χ1) is 8.69. The first kappa shape index (κ1) is 12.8. The molecule has 2 aromatic rings. The maximum absolute atomic E-state index is 4.28. The molecule has 0 aliphatic heterocycles. The van der Waals surface area contributed by atoms with Crippen molar-refractivity contribution in [1.82, 2.24) is 24.9 Å². The molecule has 0 spiro atoms. The van der Waals surface area contributed by atoms with E-state index in [9.17, 15) is 0 Å². The van der Waals surface area contributed by atoms with E-state index in [1.54, 1.807) is 0 Å². The minimum Gasteiger partial charge on any atom is -0.308 e. The Morgan fingerprint density at radius 3 is 2.61 bits per heavy atom. The number of nitrogens with zero attached hydrogens (tertiary/aromatic N) is 4. The van der Waals surface area contributed by atoms with Crippen LogP contribution in [0.5, 0.6) is 0 Å². The number of hydrogen-bond donors (Lipinski definition) is 1. The maximum atomic E-state index is 4.28. The molecule has 2 heterocycles. The second kappa shape index (κ2) is 5.82. The average Bonchev–Trinajstić information content (AvgIpc) is 2.98. The van der Waals surface area contributed by atoms with Gasteiger partial charge in [0.25, 0.3) is 0 Å². The Labute approximate surface area is 108 Å². The van der Waals surface area contributed by atoms with Crippen LogP contribution in [0, 0.1) is 6.92 Å². The Morgan fingerprint density at radius 1 is 1.22 bits per heavy atom. The van der Waals surface area contributed by atoms with E-state index in [4.69, 9.17) is 0 Å². The van der Waals surface area contributed by atoms with Crippen molar-refractivity contribution >= 4 is 0 Å². The van der Waals surface area contributed by atoms with Gasteiger partial charge < -0.3 is 5.32 Å². The largest absolute Gasteiger partial charge is 0.308 e. The third-order valence-corrected chi connectivity index (χ3v) is 3.03. The Morgan fingerprint density at radius 2 is 2.00 bits per heavy atom. The third-order valence-electron chi connectivity index (χ3n) is 3.03. The highest BCUT2D eigenvalue weighted by Crippen LogP contribution is 2.10. The van der Waals surface area contributed by atoms with Crippen molar-refractivity contribution in [2.24, 2.45) is 0 Å². The monoisotopic (exact) mass is 247 g/mol. The van der Waals surface area contributed by atoms with Crippen LogP contribution in [-0.2, 0) is 13.1 Å². The Kier molecular flexibility index (Phi) is 4.15. The van der Waals surface area contributed by atoms with Gasteiger partial charge in [-0.15, -0.1) is 0 Å². The molecule has 2 rings (SSSR count). The van der Waals surface area contributed by atoms with Gasteiger partial charge in [-0.25, -0.2) is 0 Å². The van der Waals surface area contributed by atoms with Crippen molar-refractivity contribution in [3.63, 3.8) is 0 Å². The lowest BCUT2D eigenvalue weighted by molar-refractivity contribution is 0.507. The zero-order chi connectivity index (χ0) is 13.0. The normalized spacial score (nSPS) is 12.8. The highest BCUT2D eigenvalue weighted by Gasteiger charge is 2.06. The van der Waals surface area contributed by atoms with Crippen LogP contribution in [0.25, 0.3) is 0 Å². The van der Waals surface area contributed by atoms with Crippen LogP contribution in [0.4, 0.5) is 0 Å². The van der Waals surface area contributed by atoms with E-state index in [1.807, 2.05) is 21.8 Å². The van der Waals surface area contributed by atoms with Gasteiger partial charge >= 0.3 is 0 Å². The Bertz CT molecular complexity index is 485. The van der Waals surface area contributed by atoms with Crippen LogP contribution in [-0.4, -0.2) is 26.1 Å². The molecule has 5 nitrogen and oxygen atoms in total. The number of hydrogen-bond acceptors (Lipinski definition) is 3. The fourth-order valence-electron chi connectivity index (χ4n) is 1.88. The van der Waals surface area contributed by atoms with Crippen LogP contribution in [0.15, 0.2) is 24.8 Å². The summed E-state index contributed by atoms with van der Waals surface area (Å²) in [6.45, 7) is 9.01.